The van der Waals surface area contributed by atoms with E-state index in [9.17, 15) is 9.30 Å². The Morgan fingerprint density at radius 1 is 1.47 bits per heavy atom. The lowest BCUT2D eigenvalue weighted by Gasteiger charge is -2.38. The third kappa shape index (κ3) is 1.63. The van der Waals surface area contributed by atoms with Gasteiger partial charge in [0.25, 0.3) is 6.02 Å². The van der Waals surface area contributed by atoms with Crippen LogP contribution >= 0.6 is 0 Å². The predicted octanol–water partition coefficient (Wildman–Crippen LogP) is 2.56. The molecule has 0 radical (unpaired) electrons. The van der Waals surface area contributed by atoms with Crippen molar-refractivity contribution in [2.24, 2.45) is 21.3 Å². The predicted molar refractivity (Wildman–Crippen MR) is 68.4 cm³/mol. The molecule has 0 aromatic heterocycles. The van der Waals surface area contributed by atoms with E-state index in [0.29, 0.717) is 12.2 Å². The summed E-state index contributed by atoms with van der Waals surface area (Å²) in [5.41, 5.74) is 5.15. The largest absolute Gasteiger partial charge is 0.465 e. The lowest BCUT2D eigenvalue weighted by Crippen LogP contribution is -2.43. The lowest BCUT2D eigenvalue weighted by atomic mass is 9.76. The molecule has 5 nitrogen and oxygen atoms in total. The van der Waals surface area contributed by atoms with Gasteiger partial charge in [0.2, 0.25) is 0 Å². The molecule has 19 heavy (non-hydrogen) atoms. The van der Waals surface area contributed by atoms with Crippen molar-refractivity contribution in [1.29, 1.82) is 0 Å². The Labute approximate surface area is 109 Å². The lowest BCUT2D eigenvalue weighted by molar-refractivity contribution is 0.114. The van der Waals surface area contributed by atoms with E-state index in [2.05, 4.69) is 10.2 Å². The van der Waals surface area contributed by atoms with E-state index in [-0.39, 0.29) is 17.1 Å². The highest BCUT2D eigenvalue weighted by Crippen LogP contribution is 2.62. The van der Waals surface area contributed by atoms with Gasteiger partial charge in [0.15, 0.2) is 0 Å². The van der Waals surface area contributed by atoms with Gasteiger partial charge < -0.3 is 10.5 Å². The minimum absolute atomic E-state index is 0.0592. The third-order valence-corrected chi connectivity index (χ3v) is 4.30. The summed E-state index contributed by atoms with van der Waals surface area (Å²) in [5.74, 6) is -0.403. The van der Waals surface area contributed by atoms with Gasteiger partial charge in [-0.05, 0) is 43.1 Å². The molecule has 0 unspecified atom stereocenters. The number of aliphatic imine (C=N–C) groups is 1. The van der Waals surface area contributed by atoms with Crippen molar-refractivity contribution in [1.82, 2.24) is 0 Å². The molecule has 6 heteroatoms. The van der Waals surface area contributed by atoms with E-state index >= 15 is 0 Å². The first-order valence-corrected chi connectivity index (χ1v) is 6.12. The van der Waals surface area contributed by atoms with Crippen molar-refractivity contribution in [3.63, 3.8) is 0 Å². The van der Waals surface area contributed by atoms with Crippen LogP contribution in [0.4, 0.5) is 10.1 Å². The number of nitrogens with zero attached hydrogens (tertiary/aromatic N) is 2. The highest BCUT2D eigenvalue weighted by atomic mass is 19.1. The smallest absolute Gasteiger partial charge is 0.282 e. The fourth-order valence-corrected chi connectivity index (χ4v) is 2.79. The summed E-state index contributed by atoms with van der Waals surface area (Å²) >= 11 is 0. The van der Waals surface area contributed by atoms with Gasteiger partial charge >= 0.3 is 0 Å². The Morgan fingerprint density at radius 2 is 2.21 bits per heavy atom. The molecule has 1 atom stereocenters. The average Bonchev–Trinajstić information content (AvgIpc) is 3.17. The molecule has 1 heterocycles. The van der Waals surface area contributed by atoms with Crippen LogP contribution in [0.3, 0.4) is 0 Å². The average molecular weight is 263 g/mol. The van der Waals surface area contributed by atoms with Gasteiger partial charge in [0.1, 0.15) is 17.0 Å². The number of amidine groups is 1. The maximum absolute atomic E-state index is 14.1. The molecule has 0 saturated heterocycles. The Balaban J connectivity index is 2.18. The Bertz CT molecular complexity index is 583. The zero-order valence-corrected chi connectivity index (χ0v) is 10.5. The Morgan fingerprint density at radius 3 is 2.84 bits per heavy atom. The van der Waals surface area contributed by atoms with Crippen molar-refractivity contribution in [3.8, 4) is 0 Å². The van der Waals surface area contributed by atoms with Gasteiger partial charge in [-0.25, -0.2) is 9.38 Å². The first-order chi connectivity index (χ1) is 9.01. The molecule has 2 aliphatic rings. The van der Waals surface area contributed by atoms with E-state index in [4.69, 9.17) is 10.5 Å². The van der Waals surface area contributed by atoms with Gasteiger partial charge in [-0.15, -0.1) is 4.91 Å². The number of rotatable bonds is 2. The van der Waals surface area contributed by atoms with Gasteiger partial charge in [-0.3, -0.25) is 0 Å². The van der Waals surface area contributed by atoms with Crippen molar-refractivity contribution < 1.29 is 9.13 Å². The molecule has 1 aromatic rings. The number of benzene rings is 1. The van der Waals surface area contributed by atoms with Crippen LogP contribution in [-0.2, 0) is 10.3 Å². The number of hydrogen-bond donors (Lipinski definition) is 1. The molecule has 1 aliphatic carbocycles. The quantitative estimate of drug-likeness (QED) is 0.833. The molecule has 0 bridgehead atoms. The number of ether oxygens (including phenoxy) is 1. The maximum atomic E-state index is 14.1. The van der Waals surface area contributed by atoms with Crippen molar-refractivity contribution in [2.45, 2.75) is 25.3 Å². The number of hydrogen-bond acceptors (Lipinski definition) is 5. The summed E-state index contributed by atoms with van der Waals surface area (Å²) in [5, 5.41) is 2.86. The van der Waals surface area contributed by atoms with E-state index in [1.54, 1.807) is 0 Å². The molecule has 0 amide bonds. The van der Waals surface area contributed by atoms with Gasteiger partial charge in [-0.1, -0.05) is 0 Å². The third-order valence-electron chi connectivity index (χ3n) is 4.30. The zero-order valence-electron chi connectivity index (χ0n) is 10.5. The first kappa shape index (κ1) is 12.1. The summed E-state index contributed by atoms with van der Waals surface area (Å²) in [4.78, 5) is 15.0. The SMILES string of the molecule is C[C@]1(c2cc(N=O)ccc2F)N=C(N)OCC12CC2. The van der Waals surface area contributed by atoms with Crippen LogP contribution in [0.15, 0.2) is 28.4 Å². The van der Waals surface area contributed by atoms with E-state index in [1.165, 1.54) is 18.2 Å². The topological polar surface area (TPSA) is 77.0 Å². The molecule has 100 valence electrons. The molecule has 1 saturated carbocycles. The summed E-state index contributed by atoms with van der Waals surface area (Å²) in [6.45, 7) is 2.26. The van der Waals surface area contributed by atoms with Crippen LogP contribution in [0.1, 0.15) is 25.3 Å². The summed E-state index contributed by atoms with van der Waals surface area (Å²) in [6, 6.07) is 4.10. The number of nitroso groups, excluding NO2 is 1. The van der Waals surface area contributed by atoms with Crippen LogP contribution in [0, 0.1) is 16.1 Å². The van der Waals surface area contributed by atoms with Gasteiger partial charge in [0, 0.05) is 11.0 Å². The molecule has 1 aliphatic heterocycles. The summed E-state index contributed by atoms with van der Waals surface area (Å²) < 4.78 is 19.4. The van der Waals surface area contributed by atoms with Crippen LogP contribution in [-0.4, -0.2) is 12.6 Å². The van der Waals surface area contributed by atoms with Crippen LogP contribution < -0.4 is 5.73 Å². The first-order valence-electron chi connectivity index (χ1n) is 6.12. The monoisotopic (exact) mass is 263 g/mol. The molecule has 3 rings (SSSR count). The van der Waals surface area contributed by atoms with E-state index in [1.807, 2.05) is 6.92 Å². The fourth-order valence-electron chi connectivity index (χ4n) is 2.79. The van der Waals surface area contributed by atoms with E-state index < -0.39 is 11.4 Å². The van der Waals surface area contributed by atoms with E-state index in [0.717, 1.165) is 12.8 Å². The molecular formula is C13H14FN3O2. The Kier molecular flexibility index (Phi) is 2.39. The second kappa shape index (κ2) is 3.76. The molecular weight excluding hydrogens is 249 g/mol. The highest BCUT2D eigenvalue weighted by Gasteiger charge is 2.61. The second-order valence-electron chi connectivity index (χ2n) is 5.35. The summed E-state index contributed by atoms with van der Waals surface area (Å²) in [6.07, 6.45) is 1.80. The van der Waals surface area contributed by atoms with Crippen molar-refractivity contribution >= 4 is 11.7 Å². The number of halogens is 1. The molecule has 1 aromatic carbocycles. The van der Waals surface area contributed by atoms with Crippen LogP contribution in [0.5, 0.6) is 0 Å². The fraction of sp³-hybridized carbons (Fsp3) is 0.462. The highest BCUT2D eigenvalue weighted by molar-refractivity contribution is 5.73. The van der Waals surface area contributed by atoms with Crippen molar-refractivity contribution in [3.05, 3.63) is 34.5 Å². The summed E-state index contributed by atoms with van der Waals surface area (Å²) in [7, 11) is 0. The normalized spacial score (nSPS) is 27.6. The van der Waals surface area contributed by atoms with Crippen molar-refractivity contribution in [2.75, 3.05) is 6.61 Å². The van der Waals surface area contributed by atoms with Gasteiger partial charge in [-0.2, -0.15) is 0 Å². The number of nitrogens with two attached hydrogens (primary N) is 1. The van der Waals surface area contributed by atoms with Crippen LogP contribution in [0.25, 0.3) is 0 Å². The Hall–Kier alpha value is -1.98. The van der Waals surface area contributed by atoms with Gasteiger partial charge in [0.05, 0.1) is 6.61 Å². The molecule has 1 spiro atoms. The maximum Gasteiger partial charge on any atom is 0.282 e. The minimum atomic E-state index is -0.805. The standard InChI is InChI=1S/C13H14FN3O2/c1-12(9-6-8(17-18)2-3-10(9)14)13(4-5-13)7-19-11(15)16-12/h2-3,6H,4-5,7H2,1H3,(H2,15,16)/t12-/m1/s1. The minimum Gasteiger partial charge on any atom is -0.465 e. The van der Waals surface area contributed by atoms with Crippen LogP contribution in [0.2, 0.25) is 0 Å². The molecule has 2 N–H and O–H groups in total. The second-order valence-corrected chi connectivity index (χ2v) is 5.35. The zero-order chi connectivity index (χ0) is 13.7. The molecule has 1 fully saturated rings.